The second kappa shape index (κ2) is 2.99. The molecule has 0 radical (unpaired) electrons. The van der Waals surface area contributed by atoms with E-state index in [1.165, 1.54) is 0 Å². The molecule has 3 aliphatic rings. The van der Waals surface area contributed by atoms with Gasteiger partial charge >= 0.3 is 0 Å². The maximum atomic E-state index is 12.2. The van der Waals surface area contributed by atoms with E-state index in [-0.39, 0.29) is 22.2 Å². The number of carbonyl (C=O) groups is 1. The van der Waals surface area contributed by atoms with Crippen molar-refractivity contribution in [1.82, 2.24) is 5.32 Å². The predicted octanol–water partition coefficient (Wildman–Crippen LogP) is 2.71. The van der Waals surface area contributed by atoms with Crippen LogP contribution in [-0.2, 0) is 4.79 Å². The molecule has 0 saturated heterocycles. The third-order valence-electron chi connectivity index (χ3n) is 5.32. The average molecular weight is 274 g/mol. The van der Waals surface area contributed by atoms with E-state index >= 15 is 0 Å². The zero-order chi connectivity index (χ0) is 11.5. The second-order valence-electron chi connectivity index (χ2n) is 5.74. The van der Waals surface area contributed by atoms with Crippen molar-refractivity contribution in [1.29, 1.82) is 0 Å². The van der Waals surface area contributed by atoms with Gasteiger partial charge in [0.15, 0.2) is 0 Å². The number of hydrogen-bond donors (Lipinski definition) is 1. The fourth-order valence-electron chi connectivity index (χ4n) is 3.78. The molecular formula is C12H20BrNO. The van der Waals surface area contributed by atoms with Crippen LogP contribution in [0.15, 0.2) is 0 Å². The minimum absolute atomic E-state index is 0.118. The highest BCUT2D eigenvalue weighted by Gasteiger charge is 2.79. The quantitative estimate of drug-likeness (QED) is 0.771. The molecule has 0 aromatic rings. The Kier molecular flexibility index (Phi) is 2.28. The topological polar surface area (TPSA) is 29.1 Å². The first-order valence-corrected chi connectivity index (χ1v) is 6.68. The van der Waals surface area contributed by atoms with Gasteiger partial charge in [-0.2, -0.15) is 0 Å². The molecule has 0 spiro atoms. The van der Waals surface area contributed by atoms with Crippen LogP contribution in [0.25, 0.3) is 0 Å². The van der Waals surface area contributed by atoms with Gasteiger partial charge in [-0.3, -0.25) is 4.79 Å². The molecule has 2 bridgehead atoms. The summed E-state index contributed by atoms with van der Waals surface area (Å²) in [5.41, 5.74) is 0.239. The number of alkyl halides is 1. The van der Waals surface area contributed by atoms with Crippen LogP contribution in [0.1, 0.15) is 40.5 Å². The Bertz CT molecular complexity index is 315. The molecule has 3 unspecified atom stereocenters. The van der Waals surface area contributed by atoms with Gasteiger partial charge in [-0.05, 0) is 30.6 Å². The zero-order valence-electron chi connectivity index (χ0n) is 9.98. The summed E-state index contributed by atoms with van der Waals surface area (Å²) in [6.45, 7) is 9.50. The van der Waals surface area contributed by atoms with Gasteiger partial charge in [0.25, 0.3) is 0 Å². The largest absolute Gasteiger partial charge is 0.356 e. The van der Waals surface area contributed by atoms with Gasteiger partial charge < -0.3 is 5.32 Å². The molecule has 0 aromatic carbocycles. The minimum atomic E-state index is -0.169. The fraction of sp³-hybridized carbons (Fsp3) is 0.917. The Morgan fingerprint density at radius 1 is 1.40 bits per heavy atom. The standard InChI is InChI=1S/C12H20BrNO/c1-5-14-9(15)12-7-6-11(4,8(12)13)10(12,2)3/h8H,5-7H2,1-4H3,(H,14,15). The SMILES string of the molecule is CCNC(=O)C12CCC(C)(C1Br)C2(C)C. The number of hydrogen-bond acceptors (Lipinski definition) is 1. The molecule has 15 heavy (non-hydrogen) atoms. The number of rotatable bonds is 2. The summed E-state index contributed by atoms with van der Waals surface area (Å²) in [6, 6.07) is 0. The summed E-state index contributed by atoms with van der Waals surface area (Å²) in [5.74, 6) is 0.242. The first-order valence-electron chi connectivity index (χ1n) is 5.77. The third kappa shape index (κ3) is 0.943. The third-order valence-corrected chi connectivity index (χ3v) is 7.11. The van der Waals surface area contributed by atoms with E-state index in [2.05, 4.69) is 42.0 Å². The molecule has 3 saturated carbocycles. The van der Waals surface area contributed by atoms with Crippen molar-refractivity contribution in [2.45, 2.75) is 45.4 Å². The van der Waals surface area contributed by atoms with Crippen LogP contribution < -0.4 is 5.32 Å². The maximum absolute atomic E-state index is 12.2. The van der Waals surface area contributed by atoms with Crippen molar-refractivity contribution in [2.24, 2.45) is 16.2 Å². The number of nitrogens with one attached hydrogen (secondary N) is 1. The van der Waals surface area contributed by atoms with Crippen molar-refractivity contribution in [3.8, 4) is 0 Å². The highest BCUT2D eigenvalue weighted by atomic mass is 79.9. The molecule has 3 rings (SSSR count). The van der Waals surface area contributed by atoms with Crippen LogP contribution in [0.2, 0.25) is 0 Å². The molecule has 3 aliphatic carbocycles. The Hall–Kier alpha value is -0.0500. The highest BCUT2D eigenvalue weighted by Crippen LogP contribution is 2.79. The molecule has 86 valence electrons. The lowest BCUT2D eigenvalue weighted by Gasteiger charge is -2.64. The summed E-state index contributed by atoms with van der Waals surface area (Å²) in [6.07, 6.45) is 2.19. The Morgan fingerprint density at radius 2 is 2.00 bits per heavy atom. The van der Waals surface area contributed by atoms with Gasteiger partial charge in [0.1, 0.15) is 0 Å². The second-order valence-corrected chi connectivity index (χ2v) is 6.65. The van der Waals surface area contributed by atoms with Crippen molar-refractivity contribution in [3.63, 3.8) is 0 Å². The van der Waals surface area contributed by atoms with Crippen molar-refractivity contribution >= 4 is 21.8 Å². The van der Waals surface area contributed by atoms with Crippen LogP contribution in [0, 0.1) is 16.2 Å². The van der Waals surface area contributed by atoms with Crippen LogP contribution >= 0.6 is 15.9 Å². The summed E-state index contributed by atoms with van der Waals surface area (Å²) in [4.78, 5) is 12.6. The molecule has 3 heteroatoms. The number of amides is 1. The van der Waals surface area contributed by atoms with Gasteiger partial charge in [-0.15, -0.1) is 0 Å². The van der Waals surface area contributed by atoms with Crippen LogP contribution in [0.3, 0.4) is 0 Å². The summed E-state index contributed by atoms with van der Waals surface area (Å²) >= 11 is 3.75. The molecule has 0 aromatic heterocycles. The Balaban J connectivity index is 2.35. The van der Waals surface area contributed by atoms with Crippen molar-refractivity contribution in [3.05, 3.63) is 0 Å². The summed E-state index contributed by atoms with van der Waals surface area (Å²) < 4.78 is 0. The van der Waals surface area contributed by atoms with E-state index in [0.717, 1.165) is 19.4 Å². The number of halogens is 1. The van der Waals surface area contributed by atoms with Crippen LogP contribution in [0.4, 0.5) is 0 Å². The first kappa shape index (κ1) is 11.4. The maximum Gasteiger partial charge on any atom is 0.227 e. The lowest BCUT2D eigenvalue weighted by atomic mass is 9.43. The Morgan fingerprint density at radius 3 is 2.33 bits per heavy atom. The van der Waals surface area contributed by atoms with E-state index in [1.54, 1.807) is 0 Å². The highest BCUT2D eigenvalue weighted by molar-refractivity contribution is 9.09. The number of fused-ring (bicyclic) bond motifs is 1. The van der Waals surface area contributed by atoms with Crippen molar-refractivity contribution in [2.75, 3.05) is 6.54 Å². The van der Waals surface area contributed by atoms with Gasteiger partial charge in [0.2, 0.25) is 5.91 Å². The summed E-state index contributed by atoms with van der Waals surface area (Å²) in [5, 5.41) is 3.00. The molecule has 3 atom stereocenters. The van der Waals surface area contributed by atoms with E-state index in [0.29, 0.717) is 4.83 Å². The van der Waals surface area contributed by atoms with Crippen LogP contribution in [0.5, 0.6) is 0 Å². The minimum Gasteiger partial charge on any atom is -0.356 e. The lowest BCUT2D eigenvalue weighted by molar-refractivity contribution is -0.161. The molecule has 1 amide bonds. The fourth-order valence-corrected chi connectivity index (χ4v) is 5.59. The average Bonchev–Trinajstić information content (AvgIpc) is 2.55. The Labute approximate surface area is 100 Å². The monoisotopic (exact) mass is 273 g/mol. The molecule has 0 heterocycles. The van der Waals surface area contributed by atoms with Gasteiger partial charge in [0, 0.05) is 11.4 Å². The predicted molar refractivity (Wildman–Crippen MR) is 65.0 cm³/mol. The molecule has 2 nitrogen and oxygen atoms in total. The molecular weight excluding hydrogens is 254 g/mol. The van der Waals surface area contributed by atoms with E-state index < -0.39 is 0 Å². The molecule has 3 fully saturated rings. The van der Waals surface area contributed by atoms with Crippen molar-refractivity contribution < 1.29 is 4.79 Å². The zero-order valence-corrected chi connectivity index (χ0v) is 11.6. The van der Waals surface area contributed by atoms with Gasteiger partial charge in [0.05, 0.1) is 5.41 Å². The van der Waals surface area contributed by atoms with Crippen LogP contribution in [-0.4, -0.2) is 17.3 Å². The van der Waals surface area contributed by atoms with Gasteiger partial charge in [-0.1, -0.05) is 36.7 Å². The summed E-state index contributed by atoms with van der Waals surface area (Å²) in [7, 11) is 0. The smallest absolute Gasteiger partial charge is 0.227 e. The van der Waals surface area contributed by atoms with E-state index in [9.17, 15) is 4.79 Å². The van der Waals surface area contributed by atoms with Gasteiger partial charge in [-0.25, -0.2) is 0 Å². The molecule has 0 aliphatic heterocycles. The number of carbonyl (C=O) groups excluding carboxylic acids is 1. The first-order chi connectivity index (χ1) is 6.84. The molecule has 1 N–H and O–H groups in total. The lowest BCUT2D eigenvalue weighted by Crippen LogP contribution is -2.69. The van der Waals surface area contributed by atoms with E-state index in [1.807, 2.05) is 6.92 Å². The van der Waals surface area contributed by atoms with E-state index in [4.69, 9.17) is 0 Å². The normalized spacial score (nSPS) is 46.1.